The minimum Gasteiger partial charge on any atom is -0.494 e. The molecule has 2 aromatic carbocycles. The fourth-order valence-corrected chi connectivity index (χ4v) is 4.62. The lowest BCUT2D eigenvalue weighted by molar-refractivity contribution is 0.0734. The zero-order valence-corrected chi connectivity index (χ0v) is 20.0. The van der Waals surface area contributed by atoms with Crippen LogP contribution in [0.1, 0.15) is 81.5 Å². The van der Waals surface area contributed by atoms with E-state index in [-0.39, 0.29) is 11.3 Å². The van der Waals surface area contributed by atoms with Gasteiger partial charge in [-0.3, -0.25) is 0 Å². The van der Waals surface area contributed by atoms with Crippen LogP contribution in [0.3, 0.4) is 0 Å². The molecule has 3 rings (SSSR count). The minimum absolute atomic E-state index is 0.0862. The summed E-state index contributed by atoms with van der Waals surface area (Å²) in [5.41, 5.74) is 0.128. The maximum absolute atomic E-state index is 13.8. The third kappa shape index (κ3) is 8.06. The minimum atomic E-state index is -0.620. The van der Waals surface area contributed by atoms with E-state index in [0.29, 0.717) is 12.4 Å². The summed E-state index contributed by atoms with van der Waals surface area (Å²) in [4.78, 5) is 12.2. The van der Waals surface area contributed by atoms with Crippen LogP contribution in [-0.2, 0) is 0 Å². The first kappa shape index (κ1) is 25.1. The lowest BCUT2D eigenvalue weighted by Crippen LogP contribution is -2.15. The summed E-state index contributed by atoms with van der Waals surface area (Å²) in [7, 11) is 1.38. The number of methoxy groups -OCH3 is 1. The Labute approximate surface area is 197 Å². The van der Waals surface area contributed by atoms with Crippen LogP contribution in [0.4, 0.5) is 4.39 Å². The van der Waals surface area contributed by atoms with Crippen molar-refractivity contribution >= 4 is 5.97 Å². The standard InChI is InChI=1S/C28H37FO4/c1-3-4-5-7-21-9-11-22(12-10-21)8-6-19-32-24-14-16-25(17-15-24)33-28(30)23-13-18-27(31-2)26(29)20-23/h13-18,20-22H,3-12,19H2,1-2H3. The molecule has 0 amide bonds. The Hall–Kier alpha value is -2.56. The van der Waals surface area contributed by atoms with E-state index in [4.69, 9.17) is 14.2 Å². The SMILES string of the molecule is CCCCCC1CCC(CCCOc2ccc(OC(=O)c3ccc(OC)c(F)c3)cc2)CC1. The maximum Gasteiger partial charge on any atom is 0.343 e. The molecule has 0 aliphatic heterocycles. The van der Waals surface area contributed by atoms with Crippen molar-refractivity contribution in [2.45, 2.75) is 71.1 Å². The van der Waals surface area contributed by atoms with E-state index in [1.54, 1.807) is 24.3 Å². The van der Waals surface area contributed by atoms with E-state index >= 15 is 0 Å². The second-order valence-electron chi connectivity index (χ2n) is 9.08. The van der Waals surface area contributed by atoms with Crippen molar-refractivity contribution in [2.24, 2.45) is 11.8 Å². The molecule has 5 heteroatoms. The molecule has 0 bridgehead atoms. The Bertz CT molecular complexity index is 857. The quantitative estimate of drug-likeness (QED) is 0.187. The number of carbonyl (C=O) groups excluding carboxylic acids is 1. The van der Waals surface area contributed by atoms with E-state index < -0.39 is 11.8 Å². The van der Waals surface area contributed by atoms with Crippen LogP contribution in [0, 0.1) is 17.7 Å². The number of hydrogen-bond acceptors (Lipinski definition) is 4. The second kappa shape index (κ2) is 13.2. The van der Waals surface area contributed by atoms with Gasteiger partial charge in [-0.15, -0.1) is 0 Å². The lowest BCUT2D eigenvalue weighted by Gasteiger charge is -2.28. The van der Waals surface area contributed by atoms with Crippen LogP contribution in [0.5, 0.6) is 17.2 Å². The maximum atomic E-state index is 13.8. The Kier molecular flexibility index (Phi) is 10.0. The fraction of sp³-hybridized carbons (Fsp3) is 0.536. The van der Waals surface area contributed by atoms with Gasteiger partial charge in [0.2, 0.25) is 0 Å². The molecule has 0 heterocycles. The molecule has 1 aliphatic rings. The highest BCUT2D eigenvalue weighted by Crippen LogP contribution is 2.34. The highest BCUT2D eigenvalue weighted by Gasteiger charge is 2.20. The second-order valence-corrected chi connectivity index (χ2v) is 9.08. The molecule has 2 aromatic rings. The van der Waals surface area contributed by atoms with E-state index in [2.05, 4.69) is 6.92 Å². The topological polar surface area (TPSA) is 44.8 Å². The van der Waals surface area contributed by atoms with Crippen molar-refractivity contribution in [2.75, 3.05) is 13.7 Å². The Morgan fingerprint density at radius 3 is 2.15 bits per heavy atom. The predicted molar refractivity (Wildman–Crippen MR) is 129 cm³/mol. The number of carbonyl (C=O) groups is 1. The van der Waals surface area contributed by atoms with Crippen LogP contribution in [0.2, 0.25) is 0 Å². The van der Waals surface area contributed by atoms with E-state index in [1.807, 2.05) is 0 Å². The van der Waals surface area contributed by atoms with Crippen LogP contribution in [-0.4, -0.2) is 19.7 Å². The van der Waals surface area contributed by atoms with Gasteiger partial charge < -0.3 is 14.2 Å². The summed E-state index contributed by atoms with van der Waals surface area (Å²) in [6.45, 7) is 2.97. The first-order valence-corrected chi connectivity index (χ1v) is 12.4. The number of hydrogen-bond donors (Lipinski definition) is 0. The summed E-state index contributed by atoms with van der Waals surface area (Å²) < 4.78 is 29.9. The van der Waals surface area contributed by atoms with Gasteiger partial charge in [0.1, 0.15) is 11.5 Å². The smallest absolute Gasteiger partial charge is 0.343 e. The molecule has 1 aliphatic carbocycles. The fourth-order valence-electron chi connectivity index (χ4n) is 4.62. The molecule has 33 heavy (non-hydrogen) atoms. The van der Waals surface area contributed by atoms with Crippen molar-refractivity contribution in [3.05, 3.63) is 53.8 Å². The average Bonchev–Trinajstić information content (AvgIpc) is 2.84. The molecule has 4 nitrogen and oxygen atoms in total. The van der Waals surface area contributed by atoms with Gasteiger partial charge in [0.25, 0.3) is 0 Å². The molecule has 0 spiro atoms. The van der Waals surface area contributed by atoms with E-state index in [0.717, 1.165) is 30.1 Å². The first-order valence-electron chi connectivity index (χ1n) is 12.4. The Morgan fingerprint density at radius 2 is 1.55 bits per heavy atom. The van der Waals surface area contributed by atoms with Gasteiger partial charge in [0.15, 0.2) is 11.6 Å². The molecular formula is C28H37FO4. The number of ether oxygens (including phenoxy) is 3. The number of benzene rings is 2. The van der Waals surface area contributed by atoms with Crippen molar-refractivity contribution in [3.8, 4) is 17.2 Å². The van der Waals surface area contributed by atoms with Crippen molar-refractivity contribution in [3.63, 3.8) is 0 Å². The van der Waals surface area contributed by atoms with Gasteiger partial charge in [-0.05, 0) is 67.1 Å². The van der Waals surface area contributed by atoms with Crippen molar-refractivity contribution in [1.29, 1.82) is 0 Å². The molecular weight excluding hydrogens is 419 g/mol. The van der Waals surface area contributed by atoms with Crippen molar-refractivity contribution in [1.82, 2.24) is 0 Å². The first-order chi connectivity index (χ1) is 16.1. The zero-order chi connectivity index (χ0) is 23.5. The molecule has 0 N–H and O–H groups in total. The molecule has 1 saturated carbocycles. The number of rotatable bonds is 12. The van der Waals surface area contributed by atoms with Crippen LogP contribution < -0.4 is 14.2 Å². The van der Waals surface area contributed by atoms with Gasteiger partial charge in [0, 0.05) is 0 Å². The normalized spacial score (nSPS) is 18.0. The van der Waals surface area contributed by atoms with Crippen molar-refractivity contribution < 1.29 is 23.4 Å². The monoisotopic (exact) mass is 456 g/mol. The Balaban J connectivity index is 1.34. The molecule has 0 aromatic heterocycles. The molecule has 1 fully saturated rings. The van der Waals surface area contributed by atoms with Gasteiger partial charge >= 0.3 is 5.97 Å². The lowest BCUT2D eigenvalue weighted by atomic mass is 9.78. The largest absolute Gasteiger partial charge is 0.494 e. The van der Waals surface area contributed by atoms with Gasteiger partial charge in [0.05, 0.1) is 19.3 Å². The highest BCUT2D eigenvalue weighted by molar-refractivity contribution is 5.91. The Morgan fingerprint density at radius 1 is 0.909 bits per heavy atom. The van der Waals surface area contributed by atoms with Gasteiger partial charge in [-0.1, -0.05) is 58.3 Å². The van der Waals surface area contributed by atoms with E-state index in [9.17, 15) is 9.18 Å². The summed E-state index contributed by atoms with van der Waals surface area (Å²) in [5.74, 6) is 1.81. The van der Waals surface area contributed by atoms with Gasteiger partial charge in [-0.2, -0.15) is 0 Å². The summed E-state index contributed by atoms with van der Waals surface area (Å²) >= 11 is 0. The third-order valence-electron chi connectivity index (χ3n) is 6.63. The zero-order valence-electron chi connectivity index (χ0n) is 20.0. The number of esters is 1. The number of unbranched alkanes of at least 4 members (excludes halogenated alkanes) is 2. The molecule has 0 radical (unpaired) electrons. The molecule has 0 atom stereocenters. The molecule has 0 unspecified atom stereocenters. The van der Waals surface area contributed by atoms with E-state index in [1.165, 1.54) is 77.0 Å². The van der Waals surface area contributed by atoms with Gasteiger partial charge in [-0.25, -0.2) is 9.18 Å². The summed E-state index contributed by atoms with van der Waals surface area (Å²) in [6, 6.07) is 10.9. The van der Waals surface area contributed by atoms with Crippen LogP contribution >= 0.6 is 0 Å². The highest BCUT2D eigenvalue weighted by atomic mass is 19.1. The summed E-state index contributed by atoms with van der Waals surface area (Å²) in [6.07, 6.45) is 13.4. The predicted octanol–water partition coefficient (Wildman–Crippen LogP) is 7.60. The van der Waals surface area contributed by atoms with Crippen LogP contribution in [0.15, 0.2) is 42.5 Å². The molecule has 180 valence electrons. The average molecular weight is 457 g/mol. The van der Waals surface area contributed by atoms with Crippen LogP contribution in [0.25, 0.3) is 0 Å². The third-order valence-corrected chi connectivity index (χ3v) is 6.63. The number of halogens is 1. The summed E-state index contributed by atoms with van der Waals surface area (Å²) in [5, 5.41) is 0. The molecule has 0 saturated heterocycles.